The molecule has 3 rings (SSSR count). The van der Waals surface area contributed by atoms with Crippen LogP contribution in [-0.2, 0) is 0 Å². The Bertz CT molecular complexity index is 520. The van der Waals surface area contributed by atoms with Gasteiger partial charge in [0.2, 0.25) is 5.95 Å². The highest BCUT2D eigenvalue weighted by atomic mass is 16.4. The molecule has 2 aliphatic rings. The van der Waals surface area contributed by atoms with Gasteiger partial charge < -0.3 is 10.0 Å². The van der Waals surface area contributed by atoms with Gasteiger partial charge in [-0.2, -0.15) is 0 Å². The molecule has 6 heteroatoms. The molecule has 108 valence electrons. The van der Waals surface area contributed by atoms with Crippen LogP contribution in [0.2, 0.25) is 0 Å². The van der Waals surface area contributed by atoms with Gasteiger partial charge >= 0.3 is 5.97 Å². The fraction of sp³-hybridized carbons (Fsp3) is 0.643. The van der Waals surface area contributed by atoms with Gasteiger partial charge in [0, 0.05) is 31.4 Å². The summed E-state index contributed by atoms with van der Waals surface area (Å²) in [5, 5.41) is 9.12. The van der Waals surface area contributed by atoms with E-state index in [9.17, 15) is 4.79 Å². The minimum atomic E-state index is -0.992. The first kappa shape index (κ1) is 13.3. The number of hydrogen-bond acceptors (Lipinski definition) is 5. The van der Waals surface area contributed by atoms with Crippen LogP contribution in [0.4, 0.5) is 5.95 Å². The lowest BCUT2D eigenvalue weighted by Crippen LogP contribution is -2.37. The SMILES string of the molecule is Cc1cc(C(=O)O)nc(N2CCCN3CCCC3C2)n1. The van der Waals surface area contributed by atoms with Gasteiger partial charge in [-0.1, -0.05) is 0 Å². The molecule has 1 aromatic heterocycles. The number of aromatic carboxylic acids is 1. The minimum Gasteiger partial charge on any atom is -0.477 e. The molecule has 0 bridgehead atoms. The molecule has 2 saturated heterocycles. The fourth-order valence-electron chi connectivity index (χ4n) is 3.19. The molecule has 1 atom stereocenters. The third-order valence-corrected chi connectivity index (χ3v) is 4.15. The normalized spacial score (nSPS) is 23.4. The van der Waals surface area contributed by atoms with Crippen molar-refractivity contribution in [2.45, 2.75) is 32.2 Å². The molecule has 1 aromatic rings. The third kappa shape index (κ3) is 2.60. The van der Waals surface area contributed by atoms with Gasteiger partial charge in [-0.15, -0.1) is 0 Å². The molecule has 2 fully saturated rings. The molecule has 0 saturated carbocycles. The van der Waals surface area contributed by atoms with Crippen LogP contribution in [0.15, 0.2) is 6.07 Å². The lowest BCUT2D eigenvalue weighted by atomic mass is 10.2. The molecule has 2 aliphatic heterocycles. The minimum absolute atomic E-state index is 0.0834. The molecule has 0 spiro atoms. The van der Waals surface area contributed by atoms with Crippen molar-refractivity contribution >= 4 is 11.9 Å². The summed E-state index contributed by atoms with van der Waals surface area (Å²) < 4.78 is 0. The van der Waals surface area contributed by atoms with Crippen molar-refractivity contribution in [3.05, 3.63) is 17.5 Å². The number of anilines is 1. The number of aryl methyl sites for hydroxylation is 1. The average Bonchev–Trinajstić information content (AvgIpc) is 2.75. The summed E-state index contributed by atoms with van der Waals surface area (Å²) in [7, 11) is 0. The highest BCUT2D eigenvalue weighted by molar-refractivity contribution is 5.85. The van der Waals surface area contributed by atoms with E-state index in [1.807, 2.05) is 6.92 Å². The van der Waals surface area contributed by atoms with Crippen LogP contribution in [0, 0.1) is 6.92 Å². The zero-order valence-corrected chi connectivity index (χ0v) is 11.7. The van der Waals surface area contributed by atoms with Crippen molar-refractivity contribution in [3.8, 4) is 0 Å². The molecular formula is C14H20N4O2. The largest absolute Gasteiger partial charge is 0.477 e. The van der Waals surface area contributed by atoms with E-state index in [0.717, 1.165) is 26.1 Å². The summed E-state index contributed by atoms with van der Waals surface area (Å²) in [6, 6.07) is 2.08. The first-order chi connectivity index (χ1) is 9.63. The topological polar surface area (TPSA) is 69.6 Å². The number of carbonyl (C=O) groups is 1. The van der Waals surface area contributed by atoms with Gasteiger partial charge in [-0.3, -0.25) is 4.90 Å². The van der Waals surface area contributed by atoms with Crippen LogP contribution in [0.5, 0.6) is 0 Å². The first-order valence-electron chi connectivity index (χ1n) is 7.21. The Morgan fingerprint density at radius 3 is 2.90 bits per heavy atom. The standard InChI is InChI=1S/C14H20N4O2/c1-10-8-12(13(19)20)16-14(15-10)18-7-3-6-17-5-2-4-11(17)9-18/h8,11H,2-7,9H2,1H3,(H,19,20). The van der Waals surface area contributed by atoms with Crippen molar-refractivity contribution in [3.63, 3.8) is 0 Å². The Labute approximate surface area is 118 Å². The van der Waals surface area contributed by atoms with E-state index < -0.39 is 5.97 Å². The monoisotopic (exact) mass is 276 g/mol. The summed E-state index contributed by atoms with van der Waals surface area (Å²) >= 11 is 0. The van der Waals surface area contributed by atoms with Crippen LogP contribution in [-0.4, -0.2) is 58.2 Å². The van der Waals surface area contributed by atoms with E-state index in [4.69, 9.17) is 5.11 Å². The van der Waals surface area contributed by atoms with Crippen LogP contribution < -0.4 is 4.90 Å². The van der Waals surface area contributed by atoms with Crippen molar-refractivity contribution in [1.82, 2.24) is 14.9 Å². The second kappa shape index (κ2) is 5.36. The molecule has 0 aromatic carbocycles. The number of hydrogen-bond donors (Lipinski definition) is 1. The van der Waals surface area contributed by atoms with Gasteiger partial charge in [-0.05, 0) is 38.8 Å². The predicted molar refractivity (Wildman–Crippen MR) is 75.2 cm³/mol. The fourth-order valence-corrected chi connectivity index (χ4v) is 3.19. The Morgan fingerprint density at radius 2 is 2.10 bits per heavy atom. The summed E-state index contributed by atoms with van der Waals surface area (Å²) in [4.78, 5) is 24.4. The van der Waals surface area contributed by atoms with Crippen molar-refractivity contribution in [1.29, 1.82) is 0 Å². The summed E-state index contributed by atoms with van der Waals surface area (Å²) in [5.74, 6) is -0.426. The Hall–Kier alpha value is -1.69. The zero-order valence-electron chi connectivity index (χ0n) is 11.7. The molecule has 1 unspecified atom stereocenters. The maximum absolute atomic E-state index is 11.1. The summed E-state index contributed by atoms with van der Waals surface area (Å²) in [5.41, 5.74) is 0.792. The number of aromatic nitrogens is 2. The second-order valence-electron chi connectivity index (χ2n) is 5.63. The van der Waals surface area contributed by atoms with Crippen LogP contribution in [0.3, 0.4) is 0 Å². The molecule has 0 amide bonds. The Kier molecular flexibility index (Phi) is 3.56. The average molecular weight is 276 g/mol. The number of carboxylic acids is 1. The number of rotatable bonds is 2. The van der Waals surface area contributed by atoms with E-state index in [1.54, 1.807) is 0 Å². The van der Waals surface area contributed by atoms with E-state index in [1.165, 1.54) is 25.5 Å². The lowest BCUT2D eigenvalue weighted by Gasteiger charge is -2.25. The van der Waals surface area contributed by atoms with E-state index in [-0.39, 0.29) is 5.69 Å². The predicted octanol–water partition coefficient (Wildman–Crippen LogP) is 1.16. The van der Waals surface area contributed by atoms with Gasteiger partial charge in [0.15, 0.2) is 5.69 Å². The third-order valence-electron chi connectivity index (χ3n) is 4.15. The number of fused-ring (bicyclic) bond motifs is 1. The molecular weight excluding hydrogens is 256 g/mol. The van der Waals surface area contributed by atoms with Gasteiger partial charge in [-0.25, -0.2) is 14.8 Å². The van der Waals surface area contributed by atoms with E-state index in [2.05, 4.69) is 19.8 Å². The molecule has 1 N–H and O–H groups in total. The Balaban J connectivity index is 1.86. The van der Waals surface area contributed by atoms with Gasteiger partial charge in [0.25, 0.3) is 0 Å². The maximum Gasteiger partial charge on any atom is 0.354 e. The molecule has 6 nitrogen and oxygen atoms in total. The van der Waals surface area contributed by atoms with Crippen molar-refractivity contribution < 1.29 is 9.90 Å². The van der Waals surface area contributed by atoms with Crippen LogP contribution in [0.1, 0.15) is 35.4 Å². The number of nitrogens with zero attached hydrogens (tertiary/aromatic N) is 4. The first-order valence-corrected chi connectivity index (χ1v) is 7.21. The highest BCUT2D eigenvalue weighted by Gasteiger charge is 2.29. The van der Waals surface area contributed by atoms with Gasteiger partial charge in [0.1, 0.15) is 0 Å². The van der Waals surface area contributed by atoms with E-state index in [0.29, 0.717) is 17.7 Å². The highest BCUT2D eigenvalue weighted by Crippen LogP contribution is 2.23. The van der Waals surface area contributed by atoms with E-state index >= 15 is 0 Å². The smallest absolute Gasteiger partial charge is 0.354 e. The quantitative estimate of drug-likeness (QED) is 0.874. The second-order valence-corrected chi connectivity index (χ2v) is 5.63. The number of carboxylic acid groups (broad SMARTS) is 1. The lowest BCUT2D eigenvalue weighted by molar-refractivity contribution is 0.0690. The zero-order chi connectivity index (χ0) is 14.1. The van der Waals surface area contributed by atoms with Gasteiger partial charge in [0.05, 0.1) is 0 Å². The molecule has 20 heavy (non-hydrogen) atoms. The molecule has 0 radical (unpaired) electrons. The van der Waals surface area contributed by atoms with Crippen molar-refractivity contribution in [2.75, 3.05) is 31.1 Å². The molecule has 3 heterocycles. The molecule has 0 aliphatic carbocycles. The maximum atomic E-state index is 11.1. The van der Waals surface area contributed by atoms with Crippen LogP contribution >= 0.6 is 0 Å². The summed E-state index contributed by atoms with van der Waals surface area (Å²) in [6.07, 6.45) is 3.55. The van der Waals surface area contributed by atoms with Crippen LogP contribution in [0.25, 0.3) is 0 Å². The summed E-state index contributed by atoms with van der Waals surface area (Å²) in [6.45, 7) is 5.93. The van der Waals surface area contributed by atoms with Crippen molar-refractivity contribution in [2.24, 2.45) is 0 Å². The Morgan fingerprint density at radius 1 is 1.30 bits per heavy atom.